The van der Waals surface area contributed by atoms with Gasteiger partial charge in [-0.1, -0.05) is 18.2 Å². The van der Waals surface area contributed by atoms with Gasteiger partial charge in [0.25, 0.3) is 5.91 Å². The van der Waals surface area contributed by atoms with Crippen LogP contribution in [0.2, 0.25) is 0 Å². The van der Waals surface area contributed by atoms with Crippen molar-refractivity contribution in [1.29, 1.82) is 5.26 Å². The molecule has 7 rings (SSSR count). The molecule has 5 heterocycles. The molecule has 2 aromatic heterocycles. The van der Waals surface area contributed by atoms with Gasteiger partial charge < -0.3 is 20.1 Å². The zero-order valence-corrected chi connectivity index (χ0v) is 28.5. The highest BCUT2D eigenvalue weighted by atomic mass is 16.5. The lowest BCUT2D eigenvalue weighted by Gasteiger charge is -2.46. The summed E-state index contributed by atoms with van der Waals surface area (Å²) in [6.45, 7) is 12.6. The van der Waals surface area contributed by atoms with Gasteiger partial charge in [-0.2, -0.15) is 10.4 Å². The number of aryl methyl sites for hydroxylation is 1. The summed E-state index contributed by atoms with van der Waals surface area (Å²) in [7, 11) is 0. The van der Waals surface area contributed by atoms with Gasteiger partial charge in [0.1, 0.15) is 34.7 Å². The number of pyridine rings is 1. The highest BCUT2D eigenvalue weighted by Crippen LogP contribution is 2.37. The van der Waals surface area contributed by atoms with Gasteiger partial charge in [0.15, 0.2) is 0 Å². The number of fused-ring (bicyclic) bond motifs is 1. The van der Waals surface area contributed by atoms with Crippen molar-refractivity contribution >= 4 is 22.6 Å². The highest BCUT2D eigenvalue weighted by Gasteiger charge is 2.35. The molecule has 1 amide bonds. The topological polar surface area (TPSA) is 126 Å². The summed E-state index contributed by atoms with van der Waals surface area (Å²) < 4.78 is 13.5. The average molecular weight is 661 g/mol. The summed E-state index contributed by atoms with van der Waals surface area (Å²) in [6.07, 6.45) is 5.21. The van der Waals surface area contributed by atoms with Crippen LogP contribution in [0.15, 0.2) is 72.4 Å². The van der Waals surface area contributed by atoms with E-state index >= 15 is 0 Å². The molecule has 49 heavy (non-hydrogen) atoms. The molecule has 0 spiro atoms. The molecule has 3 fully saturated rings. The Morgan fingerprint density at radius 1 is 1.04 bits per heavy atom. The van der Waals surface area contributed by atoms with Crippen molar-refractivity contribution in [2.45, 2.75) is 51.2 Å². The summed E-state index contributed by atoms with van der Waals surface area (Å²) in [5, 5.41) is 16.1. The number of piperazine rings is 1. The number of hydrogen-bond acceptors (Lipinski definition) is 9. The molecular weight excluding hydrogens is 616 g/mol. The van der Waals surface area contributed by atoms with Crippen LogP contribution in [0.25, 0.3) is 22.2 Å². The number of para-hydroxylation sites is 1. The molecule has 254 valence electrons. The number of carbonyl (C=O) groups excluding carboxylic acids is 1. The van der Waals surface area contributed by atoms with Crippen molar-refractivity contribution in [3.05, 3.63) is 78.0 Å². The molecule has 11 heteroatoms. The first-order chi connectivity index (χ1) is 23.7. The summed E-state index contributed by atoms with van der Waals surface area (Å²) in [5.74, 6) is 1.68. The average Bonchev–Trinajstić information content (AvgIpc) is 3.48. The smallest absolute Gasteiger partial charge is 0.264 e. The second-order valence-corrected chi connectivity index (χ2v) is 13.9. The zero-order valence-electron chi connectivity index (χ0n) is 28.5. The van der Waals surface area contributed by atoms with Crippen LogP contribution < -0.4 is 10.5 Å². The number of anilines is 1. The molecule has 3 aliphatic rings. The number of aromatic nitrogens is 3. The first-order valence-corrected chi connectivity index (χ1v) is 17.2. The predicted molar refractivity (Wildman–Crippen MR) is 189 cm³/mol. The van der Waals surface area contributed by atoms with Gasteiger partial charge in [-0.25, -0.2) is 4.98 Å². The molecule has 2 aromatic carbocycles. The third-order valence-corrected chi connectivity index (χ3v) is 10.2. The van der Waals surface area contributed by atoms with E-state index in [4.69, 9.17) is 20.3 Å². The molecule has 1 atom stereocenters. The van der Waals surface area contributed by atoms with Crippen LogP contribution >= 0.6 is 0 Å². The van der Waals surface area contributed by atoms with Gasteiger partial charge in [0, 0.05) is 56.6 Å². The third-order valence-electron chi connectivity index (χ3n) is 10.2. The van der Waals surface area contributed by atoms with Crippen molar-refractivity contribution in [3.63, 3.8) is 0 Å². The van der Waals surface area contributed by atoms with E-state index in [9.17, 15) is 10.1 Å². The molecule has 0 saturated carbocycles. The van der Waals surface area contributed by atoms with Crippen LogP contribution in [0.3, 0.4) is 0 Å². The number of nitrogens with two attached hydrogens (primary N) is 1. The highest BCUT2D eigenvalue weighted by molar-refractivity contribution is 6.01. The standard InChI is InChI=1S/C38H44N8O3/c1-26-20-31(49-30-9-5-4-6-10-30)11-12-32(26)35-34-33(13-14-41-36(34)40)46(42-35)28-8-7-15-44(23-28)37(47)27(22-39)21-38(2,3)45-18-16-43(17-19-45)29-24-48-25-29/h4-6,9-14,20-21,28-29H,7-8,15-19,23-25H2,1-3H3,(H2,40,41)/t28-/m1/s1. The Kier molecular flexibility index (Phi) is 9.11. The normalized spacial score (nSPS) is 19.8. The van der Waals surface area contributed by atoms with Crippen molar-refractivity contribution in [2.24, 2.45) is 0 Å². The maximum absolute atomic E-state index is 13.9. The lowest BCUT2D eigenvalue weighted by Crippen LogP contribution is -2.59. The van der Waals surface area contributed by atoms with Crippen molar-refractivity contribution < 1.29 is 14.3 Å². The van der Waals surface area contributed by atoms with E-state index < -0.39 is 5.54 Å². The van der Waals surface area contributed by atoms with Gasteiger partial charge in [0.05, 0.1) is 36.2 Å². The molecule has 0 unspecified atom stereocenters. The first kappa shape index (κ1) is 32.8. The molecule has 3 aliphatic heterocycles. The van der Waals surface area contributed by atoms with Crippen LogP contribution in [0.5, 0.6) is 11.5 Å². The zero-order chi connectivity index (χ0) is 34.1. The number of ether oxygens (including phenoxy) is 2. The SMILES string of the molecule is Cc1cc(Oc2ccccc2)ccc1-c1nn([C@@H]2CCCN(C(=O)C(C#N)=CC(C)(C)N3CCN(C4COC4)CC3)C2)c2ccnc(N)c12. The number of likely N-dealkylation sites (tertiary alicyclic amines) is 1. The van der Waals surface area contributed by atoms with Gasteiger partial charge in [-0.15, -0.1) is 0 Å². The van der Waals surface area contributed by atoms with E-state index in [-0.39, 0.29) is 17.5 Å². The second kappa shape index (κ2) is 13.6. The van der Waals surface area contributed by atoms with Crippen LogP contribution in [0.1, 0.15) is 38.3 Å². The van der Waals surface area contributed by atoms with E-state index in [1.165, 1.54) is 0 Å². The predicted octanol–water partition coefficient (Wildman–Crippen LogP) is 5.19. The fourth-order valence-electron chi connectivity index (χ4n) is 7.36. The number of hydrogen-bond donors (Lipinski definition) is 1. The number of rotatable bonds is 8. The minimum Gasteiger partial charge on any atom is -0.457 e. The van der Waals surface area contributed by atoms with E-state index in [1.807, 2.05) is 77.2 Å². The Morgan fingerprint density at radius 2 is 1.82 bits per heavy atom. The largest absolute Gasteiger partial charge is 0.457 e. The van der Waals surface area contributed by atoms with Crippen molar-refractivity contribution in [2.75, 3.05) is 58.2 Å². The maximum Gasteiger partial charge on any atom is 0.264 e. The van der Waals surface area contributed by atoms with E-state index in [2.05, 4.69) is 34.7 Å². The number of carbonyl (C=O) groups is 1. The Labute approximate surface area is 287 Å². The number of nitrogen functional groups attached to an aromatic ring is 1. The van der Waals surface area contributed by atoms with Crippen LogP contribution in [0, 0.1) is 18.3 Å². The number of benzene rings is 2. The third kappa shape index (κ3) is 6.64. The van der Waals surface area contributed by atoms with E-state index in [0.717, 1.165) is 91.5 Å². The molecule has 3 saturated heterocycles. The van der Waals surface area contributed by atoms with Crippen molar-refractivity contribution in [3.8, 4) is 28.8 Å². The number of nitriles is 1. The van der Waals surface area contributed by atoms with Gasteiger partial charge in [0.2, 0.25) is 0 Å². The van der Waals surface area contributed by atoms with Crippen LogP contribution in [0.4, 0.5) is 5.82 Å². The number of amides is 1. The van der Waals surface area contributed by atoms with Crippen LogP contribution in [-0.4, -0.2) is 99.4 Å². The van der Waals surface area contributed by atoms with Crippen LogP contribution in [-0.2, 0) is 9.53 Å². The van der Waals surface area contributed by atoms with E-state index in [0.29, 0.717) is 24.9 Å². The molecule has 0 aliphatic carbocycles. The second-order valence-electron chi connectivity index (χ2n) is 13.9. The minimum absolute atomic E-state index is 0.0896. The summed E-state index contributed by atoms with van der Waals surface area (Å²) in [5.41, 5.74) is 9.80. The Bertz CT molecular complexity index is 1900. The molecule has 4 aromatic rings. The molecule has 0 radical (unpaired) electrons. The lowest BCUT2D eigenvalue weighted by atomic mass is 9.96. The monoisotopic (exact) mass is 660 g/mol. The van der Waals surface area contributed by atoms with Gasteiger partial charge >= 0.3 is 0 Å². The quantitative estimate of drug-likeness (QED) is 0.201. The van der Waals surface area contributed by atoms with E-state index in [1.54, 1.807) is 6.20 Å². The number of piperidine rings is 1. The molecule has 11 nitrogen and oxygen atoms in total. The Hall–Kier alpha value is -4.76. The van der Waals surface area contributed by atoms with Gasteiger partial charge in [-0.3, -0.25) is 19.3 Å². The summed E-state index contributed by atoms with van der Waals surface area (Å²) in [4.78, 5) is 25.0. The van der Waals surface area contributed by atoms with Crippen molar-refractivity contribution in [1.82, 2.24) is 29.5 Å². The first-order valence-electron chi connectivity index (χ1n) is 17.2. The molecule has 0 bridgehead atoms. The fourth-order valence-corrected chi connectivity index (χ4v) is 7.36. The molecule has 2 N–H and O–H groups in total. The Balaban J connectivity index is 1.11. The fraction of sp³-hybridized carbons (Fsp3) is 0.421. The van der Waals surface area contributed by atoms with Gasteiger partial charge in [-0.05, 0) is 81.7 Å². The molecular formula is C38H44N8O3. The Morgan fingerprint density at radius 3 is 2.51 bits per heavy atom. The lowest BCUT2D eigenvalue weighted by molar-refractivity contribution is -0.128. The maximum atomic E-state index is 13.9. The minimum atomic E-state index is -0.435. The summed E-state index contributed by atoms with van der Waals surface area (Å²) >= 11 is 0. The summed E-state index contributed by atoms with van der Waals surface area (Å²) in [6, 6.07) is 20.2. The number of nitrogens with zero attached hydrogens (tertiary/aromatic N) is 7.